The molecule has 7 nitrogen and oxygen atoms in total. The molecule has 0 atom stereocenters. The van der Waals surface area contributed by atoms with Crippen LogP contribution in [0.25, 0.3) is 0 Å². The number of aliphatic hydroxyl groups is 1. The van der Waals surface area contributed by atoms with Gasteiger partial charge >= 0.3 is 6.03 Å². The molecule has 7 heteroatoms. The molecule has 2 heterocycles. The van der Waals surface area contributed by atoms with E-state index in [0.717, 1.165) is 25.7 Å². The van der Waals surface area contributed by atoms with E-state index in [1.807, 2.05) is 4.90 Å². The first kappa shape index (κ1) is 19.2. The largest absolute Gasteiger partial charge is 0.395 e. The molecule has 3 fully saturated rings. The molecular formula is C21H29N3O4. The second-order valence-corrected chi connectivity index (χ2v) is 8.24. The van der Waals surface area contributed by atoms with Gasteiger partial charge in [-0.1, -0.05) is 24.3 Å². The van der Waals surface area contributed by atoms with Crippen LogP contribution in [0.5, 0.6) is 0 Å². The Morgan fingerprint density at radius 3 is 2.61 bits per heavy atom. The average Bonchev–Trinajstić information content (AvgIpc) is 3.47. The van der Waals surface area contributed by atoms with Crippen LogP contribution < -0.4 is 5.32 Å². The van der Waals surface area contributed by atoms with E-state index in [-0.39, 0.29) is 37.3 Å². The third kappa shape index (κ3) is 4.00. The molecule has 0 spiro atoms. The highest BCUT2D eigenvalue weighted by molar-refractivity contribution is 5.77. The van der Waals surface area contributed by atoms with E-state index in [9.17, 15) is 14.7 Å². The smallest absolute Gasteiger partial charge is 0.321 e. The molecule has 0 aromatic heterocycles. The topological polar surface area (TPSA) is 82.1 Å². The zero-order chi connectivity index (χ0) is 19.6. The second-order valence-electron chi connectivity index (χ2n) is 8.24. The Morgan fingerprint density at radius 1 is 1.18 bits per heavy atom. The van der Waals surface area contributed by atoms with Crippen LogP contribution in [-0.2, 0) is 14.9 Å². The van der Waals surface area contributed by atoms with E-state index < -0.39 is 0 Å². The van der Waals surface area contributed by atoms with Gasteiger partial charge in [-0.2, -0.15) is 0 Å². The highest BCUT2D eigenvalue weighted by Crippen LogP contribution is 2.47. The standard InChI is InChI=1S/C21H29N3O4/c25-14-21(7-8-21)18-5-3-16(4-6-18)17-11-24(12-17)20(27)23-10-2-1-9-22-19(26)13-28-15-23/h3-6,17,25H,1-2,7-15H2,(H,22,26). The molecule has 28 heavy (non-hydrogen) atoms. The highest BCUT2D eigenvalue weighted by atomic mass is 16.5. The minimum absolute atomic E-state index is 0.000126. The van der Waals surface area contributed by atoms with Crippen molar-refractivity contribution in [3.8, 4) is 0 Å². The number of carbonyl (C=O) groups excluding carboxylic acids is 2. The van der Waals surface area contributed by atoms with Gasteiger partial charge in [0.2, 0.25) is 5.91 Å². The lowest BCUT2D eigenvalue weighted by molar-refractivity contribution is -0.127. The maximum Gasteiger partial charge on any atom is 0.321 e. The Balaban J connectivity index is 1.30. The van der Waals surface area contributed by atoms with Crippen molar-refractivity contribution < 1.29 is 19.4 Å². The SMILES string of the molecule is O=C1COCN(C(=O)N2CC(c3ccc(C4(CO)CC4)cc3)C2)CCCCN1. The molecule has 2 N–H and O–H groups in total. The molecule has 2 saturated heterocycles. The fourth-order valence-corrected chi connectivity index (χ4v) is 4.01. The zero-order valence-corrected chi connectivity index (χ0v) is 16.2. The van der Waals surface area contributed by atoms with Crippen molar-refractivity contribution in [2.75, 3.05) is 46.1 Å². The van der Waals surface area contributed by atoms with Crippen molar-refractivity contribution in [1.29, 1.82) is 0 Å². The lowest BCUT2D eigenvalue weighted by Gasteiger charge is -2.42. The van der Waals surface area contributed by atoms with Gasteiger partial charge in [0, 0.05) is 37.5 Å². The Hall–Kier alpha value is -2.12. The molecule has 0 bridgehead atoms. The minimum atomic E-state index is -0.129. The highest BCUT2D eigenvalue weighted by Gasteiger charge is 2.43. The summed E-state index contributed by atoms with van der Waals surface area (Å²) in [6.07, 6.45) is 3.84. The van der Waals surface area contributed by atoms with Crippen molar-refractivity contribution in [3.05, 3.63) is 35.4 Å². The number of hydrogen-bond acceptors (Lipinski definition) is 4. The molecule has 2 aliphatic heterocycles. The van der Waals surface area contributed by atoms with Crippen LogP contribution in [0.15, 0.2) is 24.3 Å². The molecule has 1 aromatic carbocycles. The number of likely N-dealkylation sites (tertiary alicyclic amines) is 1. The number of rotatable bonds is 3. The van der Waals surface area contributed by atoms with Gasteiger partial charge in [-0.3, -0.25) is 4.79 Å². The summed E-state index contributed by atoms with van der Waals surface area (Å²) in [7, 11) is 0. The Bertz CT molecular complexity index is 711. The van der Waals surface area contributed by atoms with Crippen LogP contribution in [0.2, 0.25) is 0 Å². The third-order valence-electron chi connectivity index (χ3n) is 6.23. The first-order valence-electron chi connectivity index (χ1n) is 10.2. The van der Waals surface area contributed by atoms with E-state index >= 15 is 0 Å². The van der Waals surface area contributed by atoms with Gasteiger partial charge in [-0.15, -0.1) is 0 Å². The van der Waals surface area contributed by atoms with Gasteiger partial charge in [-0.25, -0.2) is 4.79 Å². The van der Waals surface area contributed by atoms with Crippen molar-refractivity contribution >= 4 is 11.9 Å². The van der Waals surface area contributed by atoms with Gasteiger partial charge in [0.05, 0.1) is 6.61 Å². The molecule has 1 aliphatic carbocycles. The Morgan fingerprint density at radius 2 is 1.93 bits per heavy atom. The van der Waals surface area contributed by atoms with E-state index in [4.69, 9.17) is 4.74 Å². The van der Waals surface area contributed by atoms with Gasteiger partial charge in [0.15, 0.2) is 0 Å². The summed E-state index contributed by atoms with van der Waals surface area (Å²) in [5.41, 5.74) is 2.47. The van der Waals surface area contributed by atoms with E-state index in [2.05, 4.69) is 29.6 Å². The predicted octanol–water partition coefficient (Wildman–Crippen LogP) is 1.42. The normalized spacial score (nSPS) is 23.0. The maximum absolute atomic E-state index is 12.8. The lowest BCUT2D eigenvalue weighted by Crippen LogP contribution is -2.54. The van der Waals surface area contributed by atoms with E-state index in [1.54, 1.807) is 4.90 Å². The average molecular weight is 387 g/mol. The minimum Gasteiger partial charge on any atom is -0.395 e. The number of nitrogens with zero attached hydrogens (tertiary/aromatic N) is 2. The summed E-state index contributed by atoms with van der Waals surface area (Å²) >= 11 is 0. The number of urea groups is 1. The lowest BCUT2D eigenvalue weighted by atomic mass is 9.88. The van der Waals surface area contributed by atoms with Gasteiger partial charge in [0.25, 0.3) is 0 Å². The summed E-state index contributed by atoms with van der Waals surface area (Å²) in [6.45, 7) is 3.06. The number of nitrogens with one attached hydrogen (secondary N) is 1. The summed E-state index contributed by atoms with van der Waals surface area (Å²) < 4.78 is 5.39. The third-order valence-corrected chi connectivity index (χ3v) is 6.23. The van der Waals surface area contributed by atoms with Crippen molar-refractivity contribution in [3.63, 3.8) is 0 Å². The molecular weight excluding hydrogens is 358 g/mol. The number of amides is 3. The van der Waals surface area contributed by atoms with Crippen LogP contribution in [0.4, 0.5) is 4.79 Å². The van der Waals surface area contributed by atoms with Crippen LogP contribution in [-0.4, -0.2) is 73.0 Å². The summed E-state index contributed by atoms with van der Waals surface area (Å²) in [6, 6.07) is 8.54. The monoisotopic (exact) mass is 387 g/mol. The first-order valence-corrected chi connectivity index (χ1v) is 10.2. The number of benzene rings is 1. The van der Waals surface area contributed by atoms with Gasteiger partial charge < -0.3 is 25.0 Å². The molecule has 3 aliphatic rings. The van der Waals surface area contributed by atoms with Gasteiger partial charge in [-0.05, 0) is 36.8 Å². The molecule has 1 saturated carbocycles. The Labute approximate surface area is 165 Å². The number of carbonyl (C=O) groups is 2. The first-order chi connectivity index (χ1) is 13.6. The quantitative estimate of drug-likeness (QED) is 0.822. The number of hydrogen-bond donors (Lipinski definition) is 2. The predicted molar refractivity (Wildman–Crippen MR) is 104 cm³/mol. The van der Waals surface area contributed by atoms with Crippen LogP contribution >= 0.6 is 0 Å². The number of ether oxygens (including phenoxy) is 1. The fraction of sp³-hybridized carbons (Fsp3) is 0.619. The summed E-state index contributed by atoms with van der Waals surface area (Å²) in [5, 5.41) is 12.4. The van der Waals surface area contributed by atoms with Crippen LogP contribution in [0, 0.1) is 0 Å². The van der Waals surface area contributed by atoms with Crippen LogP contribution in [0.3, 0.4) is 0 Å². The van der Waals surface area contributed by atoms with E-state index in [1.165, 1.54) is 11.1 Å². The van der Waals surface area contributed by atoms with Crippen molar-refractivity contribution in [2.24, 2.45) is 0 Å². The van der Waals surface area contributed by atoms with Crippen molar-refractivity contribution in [1.82, 2.24) is 15.1 Å². The molecule has 3 amide bonds. The Kier molecular flexibility index (Phi) is 5.55. The van der Waals surface area contributed by atoms with Gasteiger partial charge in [0.1, 0.15) is 13.3 Å². The zero-order valence-electron chi connectivity index (χ0n) is 16.2. The summed E-state index contributed by atoms with van der Waals surface area (Å²) in [5.74, 6) is 0.227. The van der Waals surface area contributed by atoms with E-state index in [0.29, 0.717) is 32.1 Å². The molecule has 0 unspecified atom stereocenters. The van der Waals surface area contributed by atoms with Crippen LogP contribution in [0.1, 0.15) is 42.7 Å². The van der Waals surface area contributed by atoms with Crippen molar-refractivity contribution in [2.45, 2.75) is 37.0 Å². The molecule has 0 radical (unpaired) electrons. The molecule has 152 valence electrons. The molecule has 4 rings (SSSR count). The second kappa shape index (κ2) is 8.09. The fourth-order valence-electron chi connectivity index (χ4n) is 4.01. The number of aliphatic hydroxyl groups excluding tert-OH is 1. The summed E-state index contributed by atoms with van der Waals surface area (Å²) in [4.78, 5) is 27.9. The molecule has 1 aromatic rings. The maximum atomic E-state index is 12.8.